The molecular weight excluding hydrogens is 252 g/mol. The van der Waals surface area contributed by atoms with E-state index < -0.39 is 0 Å². The van der Waals surface area contributed by atoms with Crippen LogP contribution >= 0.6 is 11.6 Å². The molecule has 3 nitrogen and oxygen atoms in total. The quantitative estimate of drug-likeness (QED) is 0.738. The molecule has 0 aliphatic heterocycles. The van der Waals surface area contributed by atoms with Crippen LogP contribution in [0.1, 0.15) is 37.0 Å². The fourth-order valence-corrected chi connectivity index (χ4v) is 2.07. The highest BCUT2D eigenvalue weighted by Crippen LogP contribution is 2.39. The monoisotopic (exact) mass is 268 g/mol. The molecule has 1 fully saturated rings. The molecule has 0 aromatic heterocycles. The molecule has 1 aliphatic carbocycles. The second-order valence-corrected chi connectivity index (χ2v) is 4.69. The van der Waals surface area contributed by atoms with Crippen molar-refractivity contribution in [1.82, 2.24) is 0 Å². The molecule has 0 spiro atoms. The van der Waals surface area contributed by atoms with E-state index in [9.17, 15) is 4.79 Å². The summed E-state index contributed by atoms with van der Waals surface area (Å²) >= 11 is 6.15. The van der Waals surface area contributed by atoms with E-state index in [-0.39, 0.29) is 11.7 Å². The zero-order valence-corrected chi connectivity index (χ0v) is 11.4. The van der Waals surface area contributed by atoms with Crippen molar-refractivity contribution in [2.45, 2.75) is 26.7 Å². The number of hydrogen-bond acceptors (Lipinski definition) is 3. The zero-order valence-electron chi connectivity index (χ0n) is 10.7. The number of ether oxygens (including phenoxy) is 2. The van der Waals surface area contributed by atoms with Gasteiger partial charge in [0.25, 0.3) is 0 Å². The van der Waals surface area contributed by atoms with Crippen molar-refractivity contribution in [2.24, 2.45) is 5.92 Å². The Bertz CT molecular complexity index is 453. The largest absolute Gasteiger partial charge is 0.490 e. The topological polar surface area (TPSA) is 35.5 Å². The summed E-state index contributed by atoms with van der Waals surface area (Å²) in [4.78, 5) is 12.1. The van der Waals surface area contributed by atoms with Gasteiger partial charge < -0.3 is 9.47 Å². The molecule has 18 heavy (non-hydrogen) atoms. The molecule has 1 aromatic carbocycles. The molecule has 1 aliphatic rings. The summed E-state index contributed by atoms with van der Waals surface area (Å²) in [5.74, 6) is 1.45. The molecule has 0 saturated heterocycles. The first kappa shape index (κ1) is 13.2. The highest BCUT2D eigenvalue weighted by molar-refractivity contribution is 6.34. The van der Waals surface area contributed by atoms with Crippen LogP contribution in [0.2, 0.25) is 5.02 Å². The zero-order chi connectivity index (χ0) is 13.1. The number of rotatable bonds is 6. The van der Waals surface area contributed by atoms with E-state index in [1.54, 1.807) is 12.1 Å². The lowest BCUT2D eigenvalue weighted by Gasteiger charge is -2.13. The highest BCUT2D eigenvalue weighted by atomic mass is 35.5. The van der Waals surface area contributed by atoms with Gasteiger partial charge >= 0.3 is 0 Å². The van der Waals surface area contributed by atoms with Crippen LogP contribution in [-0.4, -0.2) is 19.0 Å². The Hall–Kier alpha value is -1.22. The first-order valence-corrected chi connectivity index (χ1v) is 6.68. The Balaban J connectivity index is 2.35. The number of hydrogen-bond donors (Lipinski definition) is 0. The van der Waals surface area contributed by atoms with E-state index in [1.807, 2.05) is 13.8 Å². The second-order valence-electron chi connectivity index (χ2n) is 4.28. The number of ketones is 1. The van der Waals surface area contributed by atoms with Gasteiger partial charge in [-0.05, 0) is 32.8 Å². The van der Waals surface area contributed by atoms with Crippen LogP contribution in [0, 0.1) is 5.92 Å². The predicted octanol–water partition coefficient (Wildman–Crippen LogP) is 3.73. The fourth-order valence-electron chi connectivity index (χ4n) is 1.83. The van der Waals surface area contributed by atoms with Crippen molar-refractivity contribution in [3.8, 4) is 11.5 Å². The average Bonchev–Trinajstić information content (AvgIpc) is 3.16. The summed E-state index contributed by atoms with van der Waals surface area (Å²) in [5, 5.41) is 0.443. The van der Waals surface area contributed by atoms with Crippen molar-refractivity contribution in [3.05, 3.63) is 22.7 Å². The van der Waals surface area contributed by atoms with E-state index in [0.717, 1.165) is 12.8 Å². The van der Waals surface area contributed by atoms with Crippen LogP contribution in [0.15, 0.2) is 12.1 Å². The van der Waals surface area contributed by atoms with E-state index in [4.69, 9.17) is 21.1 Å². The summed E-state index contributed by atoms with van der Waals surface area (Å²) in [6.07, 6.45) is 1.93. The lowest BCUT2D eigenvalue weighted by molar-refractivity contribution is 0.0967. The molecular formula is C14H17ClO3. The molecule has 0 heterocycles. The van der Waals surface area contributed by atoms with Crippen LogP contribution in [0.5, 0.6) is 11.5 Å². The van der Waals surface area contributed by atoms with Gasteiger partial charge in [0.1, 0.15) is 0 Å². The summed E-state index contributed by atoms with van der Waals surface area (Å²) < 4.78 is 11.0. The lowest BCUT2D eigenvalue weighted by atomic mass is 10.1. The average molecular weight is 269 g/mol. The number of Topliss-reactive ketones (excluding diaryl/α,β-unsaturated/α-hetero) is 1. The van der Waals surface area contributed by atoms with E-state index in [2.05, 4.69) is 0 Å². The molecule has 0 amide bonds. The minimum atomic E-state index is 0.115. The van der Waals surface area contributed by atoms with Crippen LogP contribution in [0.4, 0.5) is 0 Å². The van der Waals surface area contributed by atoms with Gasteiger partial charge in [-0.1, -0.05) is 11.6 Å². The summed E-state index contributed by atoms with van der Waals surface area (Å²) in [6, 6.07) is 3.38. The maximum atomic E-state index is 12.1. The van der Waals surface area contributed by atoms with Crippen LogP contribution < -0.4 is 9.47 Å². The summed E-state index contributed by atoms with van der Waals surface area (Å²) in [6.45, 7) is 4.85. The Morgan fingerprint density at radius 3 is 2.28 bits per heavy atom. The number of halogens is 1. The predicted molar refractivity (Wildman–Crippen MR) is 70.8 cm³/mol. The summed E-state index contributed by atoms with van der Waals surface area (Å²) in [5.41, 5.74) is 0.547. The molecule has 4 heteroatoms. The third kappa shape index (κ3) is 2.78. The van der Waals surface area contributed by atoms with Crippen LogP contribution in [-0.2, 0) is 0 Å². The molecule has 98 valence electrons. The molecule has 0 N–H and O–H groups in total. The second kappa shape index (κ2) is 5.61. The van der Waals surface area contributed by atoms with Gasteiger partial charge in [0.15, 0.2) is 17.3 Å². The Kier molecular flexibility index (Phi) is 4.12. The van der Waals surface area contributed by atoms with Gasteiger partial charge in [-0.3, -0.25) is 4.79 Å². The van der Waals surface area contributed by atoms with E-state index >= 15 is 0 Å². The Morgan fingerprint density at radius 1 is 1.22 bits per heavy atom. The minimum absolute atomic E-state index is 0.115. The normalized spacial score (nSPS) is 14.4. The molecule has 1 saturated carbocycles. The first-order valence-electron chi connectivity index (χ1n) is 6.30. The van der Waals surface area contributed by atoms with E-state index in [1.165, 1.54) is 0 Å². The van der Waals surface area contributed by atoms with Gasteiger partial charge in [-0.25, -0.2) is 0 Å². The van der Waals surface area contributed by atoms with Gasteiger partial charge in [-0.2, -0.15) is 0 Å². The van der Waals surface area contributed by atoms with Gasteiger partial charge in [0.05, 0.1) is 18.2 Å². The number of carbonyl (C=O) groups is 1. The van der Waals surface area contributed by atoms with Crippen molar-refractivity contribution in [3.63, 3.8) is 0 Å². The van der Waals surface area contributed by atoms with Crippen molar-refractivity contribution >= 4 is 17.4 Å². The minimum Gasteiger partial charge on any atom is -0.490 e. The SMILES string of the molecule is CCOc1cc(Cl)c(C(=O)C2CC2)cc1OCC. The van der Waals surface area contributed by atoms with Gasteiger partial charge in [0.2, 0.25) is 0 Å². The highest BCUT2D eigenvalue weighted by Gasteiger charge is 2.32. The molecule has 0 atom stereocenters. The molecule has 0 radical (unpaired) electrons. The van der Waals surface area contributed by atoms with Gasteiger partial charge in [-0.15, -0.1) is 0 Å². The molecule has 2 rings (SSSR count). The Labute approximate surface area is 112 Å². The molecule has 1 aromatic rings. The van der Waals surface area contributed by atoms with Crippen LogP contribution in [0.3, 0.4) is 0 Å². The van der Waals surface area contributed by atoms with Crippen molar-refractivity contribution in [1.29, 1.82) is 0 Å². The number of benzene rings is 1. The first-order chi connectivity index (χ1) is 8.67. The fraction of sp³-hybridized carbons (Fsp3) is 0.500. The maximum Gasteiger partial charge on any atom is 0.167 e. The maximum absolute atomic E-state index is 12.1. The van der Waals surface area contributed by atoms with Gasteiger partial charge in [0, 0.05) is 17.5 Å². The van der Waals surface area contributed by atoms with Crippen LogP contribution in [0.25, 0.3) is 0 Å². The van der Waals surface area contributed by atoms with E-state index in [0.29, 0.717) is 35.3 Å². The third-order valence-corrected chi connectivity index (χ3v) is 3.16. The smallest absolute Gasteiger partial charge is 0.167 e. The molecule has 0 bridgehead atoms. The standard InChI is InChI=1S/C14H17ClO3/c1-3-17-12-7-10(14(16)9-5-6-9)11(15)8-13(12)18-4-2/h7-9H,3-6H2,1-2H3. The molecule has 0 unspecified atom stereocenters. The summed E-state index contributed by atoms with van der Waals surface area (Å²) in [7, 11) is 0. The van der Waals surface area contributed by atoms with Crippen molar-refractivity contribution in [2.75, 3.05) is 13.2 Å². The van der Waals surface area contributed by atoms with Crippen molar-refractivity contribution < 1.29 is 14.3 Å². The Morgan fingerprint density at radius 2 is 1.78 bits per heavy atom. The lowest BCUT2D eigenvalue weighted by Crippen LogP contribution is -2.05. The number of carbonyl (C=O) groups excluding carboxylic acids is 1. The third-order valence-electron chi connectivity index (χ3n) is 2.85.